The Hall–Kier alpha value is -2.69. The van der Waals surface area contributed by atoms with Crippen LogP contribution in [0.3, 0.4) is 0 Å². The third-order valence-electron chi connectivity index (χ3n) is 6.98. The van der Waals surface area contributed by atoms with Crippen LogP contribution in [0.25, 0.3) is 16.6 Å². The molecule has 0 amide bonds. The second kappa shape index (κ2) is 9.25. The summed E-state index contributed by atoms with van der Waals surface area (Å²) >= 11 is 6.15. The molecule has 1 spiro atoms. The summed E-state index contributed by atoms with van der Waals surface area (Å²) in [5, 5.41) is 0.522. The number of aromatic nitrogens is 2. The van der Waals surface area contributed by atoms with Crippen molar-refractivity contribution in [3.8, 4) is 0 Å². The molecule has 0 N–H and O–H groups in total. The highest BCUT2D eigenvalue weighted by Gasteiger charge is 2.57. The number of aryl methyl sites for hydroxylation is 1. The number of Topliss-reactive ketones (excluding diaryl/α,β-unsaturated/α-hetero) is 1. The third-order valence-corrected chi connectivity index (χ3v) is 8.24. The Morgan fingerprint density at radius 2 is 1.89 bits per heavy atom. The molecule has 5 rings (SSSR count). The van der Waals surface area contributed by atoms with Crippen LogP contribution in [0.1, 0.15) is 23.4 Å². The average molecular weight is 552 g/mol. The van der Waals surface area contributed by atoms with Crippen LogP contribution >= 0.6 is 11.6 Å². The quantitative estimate of drug-likeness (QED) is 0.406. The van der Waals surface area contributed by atoms with Crippen molar-refractivity contribution in [3.05, 3.63) is 70.5 Å². The van der Waals surface area contributed by atoms with Gasteiger partial charge in [0.05, 0.1) is 28.7 Å². The fourth-order valence-corrected chi connectivity index (χ4v) is 6.29. The number of rotatable bonds is 7. The monoisotopic (exact) mass is 551 g/mol. The van der Waals surface area contributed by atoms with Gasteiger partial charge in [-0.25, -0.2) is 13.4 Å². The minimum absolute atomic E-state index is 0.0300. The lowest BCUT2D eigenvalue weighted by molar-refractivity contribution is -0.164. The van der Waals surface area contributed by atoms with Gasteiger partial charge in [0.2, 0.25) is 0 Å². The Morgan fingerprint density at radius 1 is 1.16 bits per heavy atom. The maximum Gasteiger partial charge on any atom is 0.401 e. The van der Waals surface area contributed by atoms with E-state index in [2.05, 4.69) is 0 Å². The number of carbonyl (C=O) groups excluding carboxylic acids is 1. The maximum absolute atomic E-state index is 13.6. The van der Waals surface area contributed by atoms with Gasteiger partial charge in [-0.2, -0.15) is 13.2 Å². The minimum Gasteiger partial charge on any atom is -0.328 e. The number of sulfone groups is 1. The molecule has 0 saturated carbocycles. The van der Waals surface area contributed by atoms with E-state index in [9.17, 15) is 26.4 Å². The average Bonchev–Trinajstić information content (AvgIpc) is 3.23. The first-order valence-corrected chi connectivity index (χ1v) is 14.3. The standard InChI is InChI=1S/C26H25ClF3N3O3S/c1-37(35,36)12-4-11-33-22-9-7-17(27)13-21(22)31-23(33)10-8-19-18-5-2-3-6-20(18)25(24(19)34)14-32(15-25)16-26(28,29)30/h2-3,5-9,13H,4,10-12,14-16H2,1H3/b19-8-. The van der Waals surface area contributed by atoms with Crippen LogP contribution in [0.5, 0.6) is 0 Å². The fraction of sp³-hybridized carbons (Fsp3) is 0.385. The van der Waals surface area contributed by atoms with Crippen LogP contribution < -0.4 is 0 Å². The summed E-state index contributed by atoms with van der Waals surface area (Å²) in [7, 11) is -3.13. The summed E-state index contributed by atoms with van der Waals surface area (Å²) in [6, 6.07) is 12.6. The topological polar surface area (TPSA) is 72.3 Å². The van der Waals surface area contributed by atoms with Crippen LogP contribution in [0, 0.1) is 0 Å². The highest BCUT2D eigenvalue weighted by molar-refractivity contribution is 7.90. The lowest BCUT2D eigenvalue weighted by Crippen LogP contribution is -2.63. The van der Waals surface area contributed by atoms with Gasteiger partial charge in [0.25, 0.3) is 0 Å². The molecule has 1 aliphatic carbocycles. The van der Waals surface area contributed by atoms with E-state index in [1.807, 2.05) is 28.8 Å². The molecule has 196 valence electrons. The molecule has 2 heterocycles. The number of halogens is 4. The number of benzene rings is 2. The van der Waals surface area contributed by atoms with Crippen LogP contribution in [-0.4, -0.2) is 66.5 Å². The van der Waals surface area contributed by atoms with Crippen LogP contribution in [0.4, 0.5) is 13.2 Å². The molecule has 3 aromatic rings. The van der Waals surface area contributed by atoms with E-state index < -0.39 is 28.0 Å². The first kappa shape index (κ1) is 25.9. The zero-order chi connectivity index (χ0) is 26.6. The number of hydrogen-bond donors (Lipinski definition) is 0. The van der Waals surface area contributed by atoms with Crippen molar-refractivity contribution >= 4 is 43.8 Å². The number of nitrogens with zero attached hydrogens (tertiary/aromatic N) is 3. The summed E-state index contributed by atoms with van der Waals surface area (Å²) in [4.78, 5) is 19.5. The smallest absolute Gasteiger partial charge is 0.328 e. The summed E-state index contributed by atoms with van der Waals surface area (Å²) in [5.74, 6) is 0.510. The van der Waals surface area contributed by atoms with Gasteiger partial charge >= 0.3 is 6.18 Å². The summed E-state index contributed by atoms with van der Waals surface area (Å²) in [6.07, 6.45) is -0.641. The Labute approximate surface area is 217 Å². The highest BCUT2D eigenvalue weighted by Crippen LogP contribution is 2.48. The van der Waals surface area contributed by atoms with Crippen molar-refractivity contribution in [1.82, 2.24) is 14.5 Å². The summed E-state index contributed by atoms with van der Waals surface area (Å²) < 4.78 is 63.9. The molecule has 1 saturated heterocycles. The second-order valence-electron chi connectivity index (χ2n) is 9.84. The maximum atomic E-state index is 13.6. The lowest BCUT2D eigenvalue weighted by atomic mass is 9.73. The van der Waals surface area contributed by atoms with Crippen molar-refractivity contribution in [2.24, 2.45) is 0 Å². The zero-order valence-electron chi connectivity index (χ0n) is 20.1. The van der Waals surface area contributed by atoms with E-state index in [0.29, 0.717) is 41.3 Å². The van der Waals surface area contributed by atoms with Crippen LogP contribution in [0.2, 0.25) is 5.02 Å². The van der Waals surface area contributed by atoms with Gasteiger partial charge in [-0.05, 0) is 35.7 Å². The fourth-order valence-electron chi connectivity index (χ4n) is 5.47. The number of carbonyl (C=O) groups is 1. The minimum atomic E-state index is -4.32. The Balaban J connectivity index is 1.45. The van der Waals surface area contributed by atoms with Crippen molar-refractivity contribution in [2.75, 3.05) is 31.6 Å². The van der Waals surface area contributed by atoms with Crippen molar-refractivity contribution in [3.63, 3.8) is 0 Å². The number of ketones is 1. The van der Waals surface area contributed by atoms with E-state index in [1.54, 1.807) is 24.3 Å². The Morgan fingerprint density at radius 3 is 2.59 bits per heavy atom. The first-order chi connectivity index (χ1) is 17.4. The molecule has 6 nitrogen and oxygen atoms in total. The van der Waals surface area contributed by atoms with Crippen LogP contribution in [-0.2, 0) is 33.0 Å². The molecular weight excluding hydrogens is 527 g/mol. The van der Waals surface area contributed by atoms with Crippen molar-refractivity contribution in [1.29, 1.82) is 0 Å². The molecule has 0 atom stereocenters. The van der Waals surface area contributed by atoms with Gasteiger partial charge in [0, 0.05) is 42.9 Å². The number of allylic oxidation sites excluding steroid dienone is 2. The van der Waals surface area contributed by atoms with Gasteiger partial charge < -0.3 is 4.57 Å². The molecule has 2 aliphatic rings. The van der Waals surface area contributed by atoms with E-state index in [1.165, 1.54) is 11.2 Å². The number of fused-ring (bicyclic) bond motifs is 3. The van der Waals surface area contributed by atoms with E-state index in [4.69, 9.17) is 16.6 Å². The molecule has 1 fully saturated rings. The van der Waals surface area contributed by atoms with Crippen molar-refractivity contribution < 1.29 is 26.4 Å². The molecule has 0 radical (unpaired) electrons. The Bertz CT molecular complexity index is 1520. The number of likely N-dealkylation sites (tertiary alicyclic amines) is 1. The predicted molar refractivity (Wildman–Crippen MR) is 136 cm³/mol. The van der Waals surface area contributed by atoms with Gasteiger partial charge in [0.15, 0.2) is 5.78 Å². The van der Waals surface area contributed by atoms with Gasteiger partial charge in [-0.1, -0.05) is 41.9 Å². The summed E-state index contributed by atoms with van der Waals surface area (Å²) in [5.41, 5.74) is 2.49. The van der Waals surface area contributed by atoms with E-state index >= 15 is 0 Å². The first-order valence-electron chi connectivity index (χ1n) is 11.8. The normalized spacial score (nSPS) is 18.6. The van der Waals surface area contributed by atoms with Gasteiger partial charge in [-0.15, -0.1) is 0 Å². The van der Waals surface area contributed by atoms with Gasteiger partial charge in [0.1, 0.15) is 15.7 Å². The van der Waals surface area contributed by atoms with Gasteiger partial charge in [-0.3, -0.25) is 9.69 Å². The predicted octanol–water partition coefficient (Wildman–Crippen LogP) is 4.45. The lowest BCUT2D eigenvalue weighted by Gasteiger charge is -2.47. The molecule has 0 unspecified atom stereocenters. The number of hydrogen-bond acceptors (Lipinski definition) is 5. The zero-order valence-corrected chi connectivity index (χ0v) is 21.6. The molecule has 11 heteroatoms. The molecule has 37 heavy (non-hydrogen) atoms. The van der Waals surface area contributed by atoms with E-state index in [0.717, 1.165) is 16.6 Å². The SMILES string of the molecule is CS(=O)(=O)CCCn1c(C/C=C2\C(=O)C3(CN(CC(F)(F)F)C3)c3ccccc32)nc2cc(Cl)ccc21. The highest BCUT2D eigenvalue weighted by atomic mass is 35.5. The molecule has 2 aromatic carbocycles. The largest absolute Gasteiger partial charge is 0.401 e. The van der Waals surface area contributed by atoms with Crippen LogP contribution in [0.15, 0.2) is 48.5 Å². The molecular formula is C26H25ClF3N3O3S. The second-order valence-corrected chi connectivity index (χ2v) is 12.5. The molecule has 0 bridgehead atoms. The molecule has 1 aromatic heterocycles. The third kappa shape index (κ3) is 5.06. The van der Waals surface area contributed by atoms with E-state index in [-0.39, 0.29) is 24.6 Å². The Kier molecular flexibility index (Phi) is 6.49. The molecule has 1 aliphatic heterocycles. The van der Waals surface area contributed by atoms with Crippen molar-refractivity contribution in [2.45, 2.75) is 31.0 Å². The summed E-state index contributed by atoms with van der Waals surface area (Å²) in [6.45, 7) is -0.557. The number of imidazole rings is 1. The number of alkyl halides is 3.